The Hall–Kier alpha value is -0.380. The van der Waals surface area contributed by atoms with E-state index < -0.39 is 0 Å². The Morgan fingerprint density at radius 1 is 1.36 bits per heavy atom. The molecule has 2 N–H and O–H groups in total. The van der Waals surface area contributed by atoms with Gasteiger partial charge >= 0.3 is 0 Å². The van der Waals surface area contributed by atoms with E-state index in [1.165, 1.54) is 11.1 Å². The van der Waals surface area contributed by atoms with Crippen molar-refractivity contribution < 1.29 is 5.11 Å². The quantitative estimate of drug-likeness (QED) is 0.790. The summed E-state index contributed by atoms with van der Waals surface area (Å²) < 4.78 is 1.13. The highest BCUT2D eigenvalue weighted by molar-refractivity contribution is 9.10. The van der Waals surface area contributed by atoms with E-state index >= 15 is 0 Å². The third-order valence-electron chi connectivity index (χ3n) is 2.17. The lowest BCUT2D eigenvalue weighted by atomic mass is 10.1. The van der Waals surface area contributed by atoms with Gasteiger partial charge in [0.05, 0.1) is 6.61 Å². The number of hydrogen-bond donors (Lipinski definition) is 2. The average Bonchev–Trinajstić information content (AvgIpc) is 2.18. The highest BCUT2D eigenvalue weighted by Gasteiger charge is 1.98. The van der Waals surface area contributed by atoms with Gasteiger partial charge in [0.2, 0.25) is 0 Å². The van der Waals surface area contributed by atoms with Crippen LogP contribution < -0.4 is 5.32 Å². The normalized spacial score (nSPS) is 10.5. The first-order chi connectivity index (χ1) is 6.74. The van der Waals surface area contributed by atoms with E-state index in [1.54, 1.807) is 0 Å². The molecule has 0 atom stereocenters. The molecule has 1 rings (SSSR count). The summed E-state index contributed by atoms with van der Waals surface area (Å²) in [5.74, 6) is 0. The maximum absolute atomic E-state index is 8.59. The monoisotopic (exact) mass is 257 g/mol. The lowest BCUT2D eigenvalue weighted by Crippen LogP contribution is -2.21. The Morgan fingerprint density at radius 2 is 2.14 bits per heavy atom. The molecule has 0 radical (unpaired) electrons. The van der Waals surface area contributed by atoms with E-state index in [2.05, 4.69) is 46.4 Å². The molecule has 0 fully saturated rings. The lowest BCUT2D eigenvalue weighted by molar-refractivity contribution is 0.293. The van der Waals surface area contributed by atoms with Crippen LogP contribution in [0.4, 0.5) is 0 Å². The van der Waals surface area contributed by atoms with Crippen LogP contribution in [0.3, 0.4) is 0 Å². The zero-order valence-corrected chi connectivity index (χ0v) is 9.97. The lowest BCUT2D eigenvalue weighted by Gasteiger charge is -2.07. The minimum atomic E-state index is 0.206. The fourth-order valence-electron chi connectivity index (χ4n) is 1.34. The maximum atomic E-state index is 8.59. The van der Waals surface area contributed by atoms with Gasteiger partial charge in [0, 0.05) is 11.0 Å². The van der Waals surface area contributed by atoms with Gasteiger partial charge in [-0.25, -0.2) is 0 Å². The number of benzene rings is 1. The van der Waals surface area contributed by atoms with Crippen molar-refractivity contribution in [1.82, 2.24) is 5.32 Å². The standard InChI is InChI=1S/C11H16BrNO/c1-9-2-3-11(12)8-10(9)4-5-13-6-7-14/h2-3,8,13-14H,4-7H2,1H3. The summed E-state index contributed by atoms with van der Waals surface area (Å²) in [4.78, 5) is 0. The number of hydrogen-bond acceptors (Lipinski definition) is 2. The fourth-order valence-corrected chi connectivity index (χ4v) is 1.74. The summed E-state index contributed by atoms with van der Waals surface area (Å²) in [6, 6.07) is 6.32. The number of aliphatic hydroxyl groups is 1. The molecule has 0 heterocycles. The maximum Gasteiger partial charge on any atom is 0.0555 e. The van der Waals surface area contributed by atoms with E-state index in [1.807, 2.05) is 0 Å². The Kier molecular flexibility index (Phi) is 5.15. The topological polar surface area (TPSA) is 32.3 Å². The van der Waals surface area contributed by atoms with Crippen LogP contribution in [0.5, 0.6) is 0 Å². The fraction of sp³-hybridized carbons (Fsp3) is 0.455. The Balaban J connectivity index is 2.45. The Labute approximate surface area is 93.5 Å². The molecule has 0 saturated carbocycles. The molecule has 78 valence electrons. The van der Waals surface area contributed by atoms with Gasteiger partial charge in [0.1, 0.15) is 0 Å². The number of halogens is 1. The third-order valence-corrected chi connectivity index (χ3v) is 2.66. The van der Waals surface area contributed by atoms with Gasteiger partial charge in [-0.05, 0) is 43.1 Å². The largest absolute Gasteiger partial charge is 0.395 e. The zero-order valence-electron chi connectivity index (χ0n) is 8.39. The molecular formula is C11H16BrNO. The van der Waals surface area contributed by atoms with Crippen molar-refractivity contribution in [3.63, 3.8) is 0 Å². The molecule has 1 aromatic carbocycles. The molecule has 0 spiro atoms. The third kappa shape index (κ3) is 3.78. The van der Waals surface area contributed by atoms with Gasteiger partial charge < -0.3 is 10.4 Å². The second-order valence-electron chi connectivity index (χ2n) is 3.29. The summed E-state index contributed by atoms with van der Waals surface area (Å²) >= 11 is 3.46. The zero-order chi connectivity index (χ0) is 10.4. The molecule has 0 aliphatic rings. The summed E-state index contributed by atoms with van der Waals surface area (Å²) in [5.41, 5.74) is 2.67. The van der Waals surface area contributed by atoms with Crippen LogP contribution in [0, 0.1) is 6.92 Å². The van der Waals surface area contributed by atoms with Crippen LogP contribution in [-0.4, -0.2) is 24.8 Å². The SMILES string of the molecule is Cc1ccc(Br)cc1CCNCCO. The first-order valence-corrected chi connectivity index (χ1v) is 5.60. The minimum Gasteiger partial charge on any atom is -0.395 e. The van der Waals surface area contributed by atoms with Crippen molar-refractivity contribution in [2.24, 2.45) is 0 Å². The van der Waals surface area contributed by atoms with Gasteiger partial charge in [0.15, 0.2) is 0 Å². The number of rotatable bonds is 5. The molecule has 0 bridgehead atoms. The van der Waals surface area contributed by atoms with Crippen LogP contribution in [0.1, 0.15) is 11.1 Å². The second kappa shape index (κ2) is 6.17. The van der Waals surface area contributed by atoms with Gasteiger partial charge in [0.25, 0.3) is 0 Å². The van der Waals surface area contributed by atoms with Gasteiger partial charge in [-0.2, -0.15) is 0 Å². The smallest absolute Gasteiger partial charge is 0.0555 e. The average molecular weight is 258 g/mol. The number of aliphatic hydroxyl groups excluding tert-OH is 1. The molecule has 0 amide bonds. The highest BCUT2D eigenvalue weighted by Crippen LogP contribution is 2.16. The van der Waals surface area contributed by atoms with Crippen molar-refractivity contribution in [1.29, 1.82) is 0 Å². The van der Waals surface area contributed by atoms with E-state index in [0.29, 0.717) is 6.54 Å². The van der Waals surface area contributed by atoms with Crippen molar-refractivity contribution in [3.05, 3.63) is 33.8 Å². The summed E-state index contributed by atoms with van der Waals surface area (Å²) in [7, 11) is 0. The van der Waals surface area contributed by atoms with Crippen LogP contribution in [0.25, 0.3) is 0 Å². The summed E-state index contributed by atoms with van der Waals surface area (Å²) in [6.45, 7) is 3.91. The first kappa shape index (κ1) is 11.7. The van der Waals surface area contributed by atoms with E-state index in [9.17, 15) is 0 Å². The van der Waals surface area contributed by atoms with Gasteiger partial charge in [-0.3, -0.25) is 0 Å². The highest BCUT2D eigenvalue weighted by atomic mass is 79.9. The van der Waals surface area contributed by atoms with E-state index in [-0.39, 0.29) is 6.61 Å². The minimum absolute atomic E-state index is 0.206. The molecule has 2 nitrogen and oxygen atoms in total. The molecule has 0 saturated heterocycles. The predicted molar refractivity (Wildman–Crippen MR) is 62.5 cm³/mol. The van der Waals surface area contributed by atoms with Crippen LogP contribution in [0.2, 0.25) is 0 Å². The summed E-state index contributed by atoms with van der Waals surface area (Å²) in [6.07, 6.45) is 1.01. The van der Waals surface area contributed by atoms with Crippen molar-refractivity contribution in [2.75, 3.05) is 19.7 Å². The second-order valence-corrected chi connectivity index (χ2v) is 4.21. The van der Waals surface area contributed by atoms with Crippen LogP contribution >= 0.6 is 15.9 Å². The number of aryl methyl sites for hydroxylation is 1. The van der Waals surface area contributed by atoms with Crippen molar-refractivity contribution in [3.8, 4) is 0 Å². The van der Waals surface area contributed by atoms with Crippen molar-refractivity contribution in [2.45, 2.75) is 13.3 Å². The van der Waals surface area contributed by atoms with E-state index in [4.69, 9.17) is 5.11 Å². The molecular weight excluding hydrogens is 242 g/mol. The van der Waals surface area contributed by atoms with Crippen molar-refractivity contribution >= 4 is 15.9 Å². The van der Waals surface area contributed by atoms with Gasteiger partial charge in [-0.15, -0.1) is 0 Å². The molecule has 0 aromatic heterocycles. The number of nitrogens with one attached hydrogen (secondary N) is 1. The molecule has 3 heteroatoms. The molecule has 14 heavy (non-hydrogen) atoms. The summed E-state index contributed by atoms with van der Waals surface area (Å²) in [5, 5.41) is 11.8. The molecule has 0 aliphatic heterocycles. The predicted octanol–water partition coefficient (Wildman–Crippen LogP) is 1.88. The first-order valence-electron chi connectivity index (χ1n) is 4.80. The molecule has 1 aromatic rings. The molecule has 0 aliphatic carbocycles. The van der Waals surface area contributed by atoms with Crippen LogP contribution in [0.15, 0.2) is 22.7 Å². The molecule has 0 unspecified atom stereocenters. The Morgan fingerprint density at radius 3 is 2.86 bits per heavy atom. The van der Waals surface area contributed by atoms with E-state index in [0.717, 1.165) is 17.4 Å². The Bertz CT molecular complexity index is 289. The van der Waals surface area contributed by atoms with Crippen LogP contribution in [-0.2, 0) is 6.42 Å². The van der Waals surface area contributed by atoms with Gasteiger partial charge in [-0.1, -0.05) is 22.0 Å².